The summed E-state index contributed by atoms with van der Waals surface area (Å²) in [6, 6.07) is 4.87. The van der Waals surface area contributed by atoms with Crippen LogP contribution in [0, 0.1) is 12.7 Å². The van der Waals surface area contributed by atoms with Crippen LogP contribution in [-0.2, 0) is 0 Å². The average Bonchev–Trinajstić information content (AvgIpc) is 2.32. The van der Waals surface area contributed by atoms with E-state index in [-0.39, 0.29) is 22.9 Å². The summed E-state index contributed by atoms with van der Waals surface area (Å²) in [5.41, 5.74) is 1.09. The van der Waals surface area contributed by atoms with Gasteiger partial charge in [-0.25, -0.2) is 4.39 Å². The van der Waals surface area contributed by atoms with Crippen molar-refractivity contribution in [2.24, 2.45) is 0 Å². The fourth-order valence-corrected chi connectivity index (χ4v) is 1.54. The number of rotatable bonds is 3. The van der Waals surface area contributed by atoms with Crippen molar-refractivity contribution in [3.05, 3.63) is 34.9 Å². The van der Waals surface area contributed by atoms with E-state index in [4.69, 9.17) is 16.3 Å². The summed E-state index contributed by atoms with van der Waals surface area (Å²) in [7, 11) is 0. The van der Waals surface area contributed by atoms with Gasteiger partial charge in [0, 0.05) is 5.56 Å². The first-order valence-electron chi connectivity index (χ1n) is 5.41. The number of nitrogens with zero attached hydrogens (tertiary/aromatic N) is 3. The van der Waals surface area contributed by atoms with Crippen molar-refractivity contribution in [3.8, 4) is 17.4 Å². The molecule has 2 aromatic rings. The van der Waals surface area contributed by atoms with Crippen LogP contribution in [0.3, 0.4) is 0 Å². The summed E-state index contributed by atoms with van der Waals surface area (Å²) in [5.74, 6) is -0.0284. The van der Waals surface area contributed by atoms with Gasteiger partial charge in [0.2, 0.25) is 5.28 Å². The summed E-state index contributed by atoms with van der Waals surface area (Å²) in [4.78, 5) is 11.8. The highest BCUT2D eigenvalue weighted by atomic mass is 35.5. The minimum atomic E-state index is -0.318. The first kappa shape index (κ1) is 12.7. The average molecular weight is 268 g/mol. The zero-order valence-corrected chi connectivity index (χ0v) is 10.7. The molecule has 6 heteroatoms. The molecule has 94 valence electrons. The maximum absolute atomic E-state index is 13.5. The van der Waals surface area contributed by atoms with Crippen LogP contribution in [-0.4, -0.2) is 21.6 Å². The predicted octanol–water partition coefficient (Wildman–Crippen LogP) is 3.04. The van der Waals surface area contributed by atoms with E-state index in [1.165, 1.54) is 6.07 Å². The van der Waals surface area contributed by atoms with Crippen molar-refractivity contribution in [2.45, 2.75) is 13.8 Å². The van der Waals surface area contributed by atoms with E-state index in [2.05, 4.69) is 15.0 Å². The normalized spacial score (nSPS) is 10.4. The Morgan fingerprint density at radius 1 is 1.28 bits per heavy atom. The van der Waals surface area contributed by atoms with Gasteiger partial charge in [-0.1, -0.05) is 12.1 Å². The Kier molecular flexibility index (Phi) is 3.72. The second-order valence-electron chi connectivity index (χ2n) is 3.61. The molecule has 2 rings (SSSR count). The van der Waals surface area contributed by atoms with Crippen molar-refractivity contribution in [1.29, 1.82) is 0 Å². The highest BCUT2D eigenvalue weighted by molar-refractivity contribution is 6.28. The SMILES string of the molecule is CCOc1nc(Cl)nc(-c2ccc(C)c(F)c2)n1. The summed E-state index contributed by atoms with van der Waals surface area (Å²) >= 11 is 5.77. The number of hydrogen-bond donors (Lipinski definition) is 0. The lowest BCUT2D eigenvalue weighted by Crippen LogP contribution is -2.01. The van der Waals surface area contributed by atoms with Crippen molar-refractivity contribution in [3.63, 3.8) is 0 Å². The first-order chi connectivity index (χ1) is 8.60. The highest BCUT2D eigenvalue weighted by Crippen LogP contribution is 2.21. The topological polar surface area (TPSA) is 47.9 Å². The molecule has 1 aromatic carbocycles. The Balaban J connectivity index is 2.46. The van der Waals surface area contributed by atoms with Gasteiger partial charge in [0.05, 0.1) is 6.61 Å². The van der Waals surface area contributed by atoms with Crippen LogP contribution in [0.15, 0.2) is 18.2 Å². The van der Waals surface area contributed by atoms with E-state index in [0.29, 0.717) is 17.7 Å². The van der Waals surface area contributed by atoms with Gasteiger partial charge in [-0.15, -0.1) is 0 Å². The Bertz CT molecular complexity index is 577. The zero-order chi connectivity index (χ0) is 13.1. The van der Waals surface area contributed by atoms with E-state index < -0.39 is 0 Å². The Morgan fingerprint density at radius 2 is 2.06 bits per heavy atom. The minimum Gasteiger partial charge on any atom is -0.464 e. The second kappa shape index (κ2) is 5.27. The molecule has 0 spiro atoms. The molecule has 0 aliphatic rings. The molecule has 4 nitrogen and oxygen atoms in total. The Morgan fingerprint density at radius 3 is 2.72 bits per heavy atom. The molecular formula is C12H11ClFN3O. The molecule has 0 unspecified atom stereocenters. The number of aryl methyl sites for hydroxylation is 1. The van der Waals surface area contributed by atoms with Crippen LogP contribution < -0.4 is 4.74 Å². The third kappa shape index (κ3) is 2.73. The van der Waals surface area contributed by atoms with Gasteiger partial charge in [-0.05, 0) is 37.1 Å². The first-order valence-corrected chi connectivity index (χ1v) is 5.79. The monoisotopic (exact) mass is 267 g/mol. The van der Waals surface area contributed by atoms with Crippen molar-refractivity contribution in [2.75, 3.05) is 6.61 Å². The van der Waals surface area contributed by atoms with E-state index in [1.54, 1.807) is 19.1 Å². The lowest BCUT2D eigenvalue weighted by atomic mass is 10.1. The van der Waals surface area contributed by atoms with Crippen LogP contribution in [0.5, 0.6) is 6.01 Å². The Labute approximate surface area is 109 Å². The van der Waals surface area contributed by atoms with Crippen LogP contribution >= 0.6 is 11.6 Å². The maximum atomic E-state index is 13.5. The van der Waals surface area contributed by atoms with E-state index in [0.717, 1.165) is 0 Å². The van der Waals surface area contributed by atoms with Gasteiger partial charge in [-0.2, -0.15) is 15.0 Å². The zero-order valence-electron chi connectivity index (χ0n) is 9.94. The quantitative estimate of drug-likeness (QED) is 0.858. The molecule has 1 heterocycles. The van der Waals surface area contributed by atoms with E-state index >= 15 is 0 Å². The van der Waals surface area contributed by atoms with Crippen molar-refractivity contribution >= 4 is 11.6 Å². The lowest BCUT2D eigenvalue weighted by molar-refractivity contribution is 0.312. The van der Waals surface area contributed by atoms with Gasteiger partial charge < -0.3 is 4.74 Å². The number of aromatic nitrogens is 3. The molecule has 18 heavy (non-hydrogen) atoms. The molecule has 0 fully saturated rings. The number of benzene rings is 1. The molecular weight excluding hydrogens is 257 g/mol. The molecule has 0 saturated heterocycles. The van der Waals surface area contributed by atoms with Gasteiger partial charge in [0.1, 0.15) is 5.82 Å². The summed E-state index contributed by atoms with van der Waals surface area (Å²) in [5, 5.41) is 0.0180. The predicted molar refractivity (Wildman–Crippen MR) is 66.1 cm³/mol. The lowest BCUT2D eigenvalue weighted by Gasteiger charge is -2.05. The largest absolute Gasteiger partial charge is 0.464 e. The fourth-order valence-electron chi connectivity index (χ4n) is 1.39. The molecule has 0 amide bonds. The second-order valence-corrected chi connectivity index (χ2v) is 3.95. The third-order valence-corrected chi connectivity index (χ3v) is 2.46. The smallest absolute Gasteiger partial charge is 0.321 e. The number of hydrogen-bond acceptors (Lipinski definition) is 4. The van der Waals surface area contributed by atoms with Gasteiger partial charge in [0.15, 0.2) is 5.82 Å². The van der Waals surface area contributed by atoms with Crippen LogP contribution in [0.2, 0.25) is 5.28 Å². The van der Waals surface area contributed by atoms with E-state index in [9.17, 15) is 4.39 Å². The summed E-state index contributed by atoms with van der Waals surface area (Å²) < 4.78 is 18.6. The number of halogens is 2. The van der Waals surface area contributed by atoms with Gasteiger partial charge in [0.25, 0.3) is 0 Å². The molecule has 0 N–H and O–H groups in total. The fraction of sp³-hybridized carbons (Fsp3) is 0.250. The molecule has 0 atom stereocenters. The van der Waals surface area contributed by atoms with Crippen LogP contribution in [0.4, 0.5) is 4.39 Å². The third-order valence-electron chi connectivity index (χ3n) is 2.29. The van der Waals surface area contributed by atoms with Gasteiger partial charge >= 0.3 is 6.01 Å². The van der Waals surface area contributed by atoms with Crippen molar-refractivity contribution < 1.29 is 9.13 Å². The molecule has 0 saturated carbocycles. The Hall–Kier alpha value is -1.75. The summed E-state index contributed by atoms with van der Waals surface area (Å²) in [6.07, 6.45) is 0. The molecule has 0 radical (unpaired) electrons. The van der Waals surface area contributed by atoms with Gasteiger partial charge in [-0.3, -0.25) is 0 Å². The maximum Gasteiger partial charge on any atom is 0.321 e. The molecule has 0 bridgehead atoms. The standard InChI is InChI=1S/C12H11ClFN3O/c1-3-18-12-16-10(15-11(13)17-12)8-5-4-7(2)9(14)6-8/h4-6H,3H2,1-2H3. The number of ether oxygens (including phenoxy) is 1. The highest BCUT2D eigenvalue weighted by Gasteiger charge is 2.09. The van der Waals surface area contributed by atoms with Crippen LogP contribution in [0.1, 0.15) is 12.5 Å². The minimum absolute atomic E-state index is 0.0180. The molecule has 1 aromatic heterocycles. The summed E-state index contributed by atoms with van der Waals surface area (Å²) in [6.45, 7) is 3.91. The van der Waals surface area contributed by atoms with Crippen molar-refractivity contribution in [1.82, 2.24) is 15.0 Å². The van der Waals surface area contributed by atoms with Crippen LogP contribution in [0.25, 0.3) is 11.4 Å². The molecule has 0 aliphatic heterocycles. The molecule has 0 aliphatic carbocycles. The van der Waals surface area contributed by atoms with E-state index in [1.807, 2.05) is 6.92 Å².